The lowest BCUT2D eigenvalue weighted by Crippen LogP contribution is -2.16. The highest BCUT2D eigenvalue weighted by atomic mass is 19.1. The molecule has 0 aliphatic heterocycles. The summed E-state index contributed by atoms with van der Waals surface area (Å²) in [6.45, 7) is 4.03. The van der Waals surface area contributed by atoms with Gasteiger partial charge in [0, 0.05) is 5.56 Å². The predicted molar refractivity (Wildman–Crippen MR) is 91.2 cm³/mol. The summed E-state index contributed by atoms with van der Waals surface area (Å²) in [4.78, 5) is 14.1. The maximum atomic E-state index is 14.3. The average Bonchev–Trinajstić information content (AvgIpc) is 2.56. The Bertz CT molecular complexity index is 961. The zero-order valence-corrected chi connectivity index (χ0v) is 14.2. The quantitative estimate of drug-likeness (QED) is 0.852. The largest absolute Gasteiger partial charge is 0.488 e. The molecule has 1 heterocycles. The monoisotopic (exact) mass is 358 g/mol. The summed E-state index contributed by atoms with van der Waals surface area (Å²) in [5.74, 6) is -2.55. The molecule has 3 N–H and O–H groups in total. The molecule has 26 heavy (non-hydrogen) atoms. The molecule has 1 aromatic heterocycles. The van der Waals surface area contributed by atoms with Gasteiger partial charge in [-0.05, 0) is 30.0 Å². The molecule has 0 aliphatic carbocycles. The molecule has 6 nitrogen and oxygen atoms in total. The molecule has 8 heteroatoms. The first-order valence-electron chi connectivity index (χ1n) is 7.78. The summed E-state index contributed by atoms with van der Waals surface area (Å²) in [7, 11) is 0. The van der Waals surface area contributed by atoms with Crippen molar-refractivity contribution in [2.24, 2.45) is 5.92 Å². The van der Waals surface area contributed by atoms with E-state index in [0.717, 1.165) is 12.1 Å². The minimum Gasteiger partial charge on any atom is -0.488 e. The van der Waals surface area contributed by atoms with Crippen molar-refractivity contribution < 1.29 is 13.5 Å². The first-order chi connectivity index (χ1) is 12.3. The second kappa shape index (κ2) is 7.66. The van der Waals surface area contributed by atoms with Gasteiger partial charge < -0.3 is 15.5 Å². The van der Waals surface area contributed by atoms with Crippen LogP contribution < -0.4 is 16.0 Å². The van der Waals surface area contributed by atoms with E-state index in [1.165, 1.54) is 0 Å². The van der Waals surface area contributed by atoms with E-state index in [2.05, 4.69) is 4.98 Å². The van der Waals surface area contributed by atoms with Gasteiger partial charge in [0.25, 0.3) is 5.56 Å². The third-order valence-corrected chi connectivity index (χ3v) is 3.70. The molecule has 1 aromatic carbocycles. The second-order valence-corrected chi connectivity index (χ2v) is 6.02. The van der Waals surface area contributed by atoms with E-state index in [0.29, 0.717) is 12.3 Å². The maximum absolute atomic E-state index is 14.3. The van der Waals surface area contributed by atoms with Crippen LogP contribution in [0.1, 0.15) is 31.4 Å². The number of H-pyrrole nitrogens is 1. The van der Waals surface area contributed by atoms with Crippen LogP contribution >= 0.6 is 0 Å². The molecule has 0 amide bonds. The van der Waals surface area contributed by atoms with Gasteiger partial charge in [-0.3, -0.25) is 4.79 Å². The molecule has 0 atom stereocenters. The molecule has 134 valence electrons. The third kappa shape index (κ3) is 3.65. The fourth-order valence-electron chi connectivity index (χ4n) is 2.37. The normalized spacial score (nSPS) is 10.4. The van der Waals surface area contributed by atoms with Gasteiger partial charge in [-0.15, -0.1) is 0 Å². The van der Waals surface area contributed by atoms with Crippen LogP contribution in [-0.4, -0.2) is 11.6 Å². The van der Waals surface area contributed by atoms with Crippen LogP contribution in [0.3, 0.4) is 0 Å². The molecule has 0 saturated carbocycles. The number of anilines is 1. The highest BCUT2D eigenvalue weighted by Crippen LogP contribution is 2.33. The minimum absolute atomic E-state index is 0.135. The van der Waals surface area contributed by atoms with Gasteiger partial charge in [-0.25, -0.2) is 8.78 Å². The molecule has 0 bridgehead atoms. The second-order valence-electron chi connectivity index (χ2n) is 6.02. The number of nitriles is 2. The molecular weight excluding hydrogens is 342 g/mol. The Hall–Kier alpha value is -3.39. The number of nitrogens with two attached hydrogens (primary N) is 1. The van der Waals surface area contributed by atoms with Crippen LogP contribution in [0.25, 0.3) is 11.1 Å². The number of nitrogen functional groups attached to an aromatic ring is 1. The van der Waals surface area contributed by atoms with E-state index in [1.54, 1.807) is 12.1 Å². The van der Waals surface area contributed by atoms with Crippen molar-refractivity contribution >= 4 is 5.82 Å². The predicted octanol–water partition coefficient (Wildman–Crippen LogP) is 3.07. The zero-order valence-electron chi connectivity index (χ0n) is 14.2. The van der Waals surface area contributed by atoms with E-state index in [1.807, 2.05) is 13.8 Å². The first kappa shape index (κ1) is 18.9. The number of nitrogens with zero attached hydrogens (tertiary/aromatic N) is 2. The summed E-state index contributed by atoms with van der Waals surface area (Å²) >= 11 is 0. The number of aromatic nitrogens is 1. The Kier molecular flexibility index (Phi) is 5.58. The molecule has 0 spiro atoms. The molecule has 2 rings (SSSR count). The van der Waals surface area contributed by atoms with Crippen molar-refractivity contribution in [3.63, 3.8) is 0 Å². The minimum atomic E-state index is -1.00. The Morgan fingerprint density at radius 3 is 2.27 bits per heavy atom. The van der Waals surface area contributed by atoms with E-state index in [-0.39, 0.29) is 29.1 Å². The fraction of sp³-hybridized carbons (Fsp3) is 0.278. The van der Waals surface area contributed by atoms with Crippen LogP contribution in [0.15, 0.2) is 16.9 Å². The van der Waals surface area contributed by atoms with Crippen LogP contribution in [0.4, 0.5) is 14.6 Å². The molecule has 0 saturated heterocycles. The highest BCUT2D eigenvalue weighted by molar-refractivity contribution is 5.80. The molecule has 0 aliphatic rings. The van der Waals surface area contributed by atoms with E-state index < -0.39 is 28.5 Å². The lowest BCUT2D eigenvalue weighted by atomic mass is 9.96. The van der Waals surface area contributed by atoms with Crippen molar-refractivity contribution in [3.8, 4) is 29.0 Å². The summed E-state index contributed by atoms with van der Waals surface area (Å²) in [5.41, 5.74) is 3.68. The lowest BCUT2D eigenvalue weighted by Gasteiger charge is -2.13. The van der Waals surface area contributed by atoms with Gasteiger partial charge in [0.05, 0.1) is 6.61 Å². The lowest BCUT2D eigenvalue weighted by molar-refractivity contribution is 0.263. The van der Waals surface area contributed by atoms with Gasteiger partial charge in [0.15, 0.2) is 17.4 Å². The number of ether oxygens (including phenoxy) is 1. The first-order valence-corrected chi connectivity index (χ1v) is 7.78. The van der Waals surface area contributed by atoms with Gasteiger partial charge in [0.1, 0.15) is 29.1 Å². The number of hydrogen-bond acceptors (Lipinski definition) is 5. The van der Waals surface area contributed by atoms with Crippen LogP contribution in [-0.2, 0) is 0 Å². The van der Waals surface area contributed by atoms with Gasteiger partial charge >= 0.3 is 0 Å². The Morgan fingerprint density at radius 1 is 1.19 bits per heavy atom. The molecular formula is C18H16F2N4O2. The topological polar surface area (TPSA) is 116 Å². The fourth-order valence-corrected chi connectivity index (χ4v) is 2.37. The van der Waals surface area contributed by atoms with E-state index >= 15 is 0 Å². The molecule has 0 radical (unpaired) electrons. The number of halogens is 2. The zero-order chi connectivity index (χ0) is 19.4. The standard InChI is InChI=1S/C18H16F2N4O2/c1-9(2)3-4-26-16-13(19)5-10(6-14(16)20)15-11(7-21)17(23)24-18(25)12(15)8-22/h5-6,9H,3-4H2,1-2H3,(H3,23,24,25). The summed E-state index contributed by atoms with van der Waals surface area (Å²) < 4.78 is 33.8. The van der Waals surface area contributed by atoms with Gasteiger partial charge in [-0.1, -0.05) is 13.8 Å². The van der Waals surface area contributed by atoms with E-state index in [4.69, 9.17) is 10.5 Å². The molecule has 0 fully saturated rings. The number of nitrogens with one attached hydrogen (secondary N) is 1. The number of aromatic amines is 1. The van der Waals surface area contributed by atoms with Crippen molar-refractivity contribution in [1.82, 2.24) is 4.98 Å². The van der Waals surface area contributed by atoms with Crippen molar-refractivity contribution in [3.05, 3.63) is 45.2 Å². The SMILES string of the molecule is CC(C)CCOc1c(F)cc(-c2c(C#N)c(N)[nH]c(=O)c2C#N)cc1F. The molecule has 2 aromatic rings. The molecule has 0 unspecified atom stereocenters. The Balaban J connectivity index is 2.60. The summed E-state index contributed by atoms with van der Waals surface area (Å²) in [6, 6.07) is 5.19. The highest BCUT2D eigenvalue weighted by Gasteiger charge is 2.21. The smallest absolute Gasteiger partial charge is 0.268 e. The van der Waals surface area contributed by atoms with Crippen LogP contribution in [0.5, 0.6) is 5.75 Å². The van der Waals surface area contributed by atoms with Crippen LogP contribution in [0.2, 0.25) is 0 Å². The van der Waals surface area contributed by atoms with Crippen molar-refractivity contribution in [2.75, 3.05) is 12.3 Å². The van der Waals surface area contributed by atoms with Crippen molar-refractivity contribution in [1.29, 1.82) is 10.5 Å². The van der Waals surface area contributed by atoms with Gasteiger partial charge in [0.2, 0.25) is 0 Å². The third-order valence-electron chi connectivity index (χ3n) is 3.70. The number of rotatable bonds is 5. The number of benzene rings is 1. The number of hydrogen-bond donors (Lipinski definition) is 2. The van der Waals surface area contributed by atoms with E-state index in [9.17, 15) is 24.1 Å². The van der Waals surface area contributed by atoms with Gasteiger partial charge in [-0.2, -0.15) is 10.5 Å². The summed E-state index contributed by atoms with van der Waals surface area (Å²) in [5, 5.41) is 18.5. The Labute approximate surface area is 148 Å². The number of pyridine rings is 1. The average molecular weight is 358 g/mol. The Morgan fingerprint density at radius 2 is 1.77 bits per heavy atom. The van der Waals surface area contributed by atoms with Crippen LogP contribution in [0, 0.1) is 40.2 Å². The maximum Gasteiger partial charge on any atom is 0.268 e. The van der Waals surface area contributed by atoms with Crippen molar-refractivity contribution in [2.45, 2.75) is 20.3 Å². The summed E-state index contributed by atoms with van der Waals surface area (Å²) in [6.07, 6.45) is 0.613.